The van der Waals surface area contributed by atoms with Crippen molar-refractivity contribution in [2.45, 2.75) is 12.4 Å². The minimum Gasteiger partial charge on any atom is -0.292 e. The van der Waals surface area contributed by atoms with E-state index >= 15 is 0 Å². The van der Waals surface area contributed by atoms with E-state index in [1.54, 1.807) is 0 Å². The fraction of sp³-hybridized carbons (Fsp3) is 0.143. The normalized spacial score (nSPS) is 11.8. The molecule has 144 valence electrons. The molecule has 1 aromatic heterocycles. The van der Waals surface area contributed by atoms with Crippen LogP contribution in [0.15, 0.2) is 36.5 Å². The Kier molecular flexibility index (Phi) is 5.23. The lowest BCUT2D eigenvalue weighted by Crippen LogP contribution is -2.30. The van der Waals surface area contributed by atoms with Crippen molar-refractivity contribution >= 4 is 17.3 Å². The average molecular weight is 394 g/mol. The Hall–Kier alpha value is -3.38. The highest BCUT2D eigenvalue weighted by Crippen LogP contribution is 2.34. The van der Waals surface area contributed by atoms with Crippen LogP contribution in [0.3, 0.4) is 0 Å². The third-order valence-corrected chi connectivity index (χ3v) is 3.15. The summed E-state index contributed by atoms with van der Waals surface area (Å²) in [4.78, 5) is 24.7. The lowest BCUT2D eigenvalue weighted by atomic mass is 10.1. The van der Waals surface area contributed by atoms with Gasteiger partial charge in [-0.15, -0.1) is 0 Å². The highest BCUT2D eigenvalue weighted by atomic mass is 19.4. The molecule has 2 N–H and O–H groups in total. The summed E-state index contributed by atoms with van der Waals surface area (Å²) in [6.45, 7) is 0. The Morgan fingerprint density at radius 3 is 2.19 bits per heavy atom. The molecule has 1 aromatic carbocycles. The summed E-state index contributed by atoms with van der Waals surface area (Å²) < 4.78 is 75.1. The first-order valence-corrected chi connectivity index (χ1v) is 6.85. The first kappa shape index (κ1) is 19.9. The number of hydrogen-bond acceptors (Lipinski definition) is 5. The number of hydrazine groups is 1. The lowest BCUT2D eigenvalue weighted by molar-refractivity contribution is -0.384. The van der Waals surface area contributed by atoms with Crippen LogP contribution in [0.2, 0.25) is 0 Å². The summed E-state index contributed by atoms with van der Waals surface area (Å²) in [6.07, 6.45) is -8.88. The quantitative estimate of drug-likeness (QED) is 0.467. The third-order valence-electron chi connectivity index (χ3n) is 3.15. The van der Waals surface area contributed by atoms with E-state index in [0.717, 1.165) is 12.1 Å². The number of alkyl halides is 6. The van der Waals surface area contributed by atoms with Crippen LogP contribution >= 0.6 is 0 Å². The van der Waals surface area contributed by atoms with Crippen LogP contribution in [0.4, 0.5) is 37.7 Å². The summed E-state index contributed by atoms with van der Waals surface area (Å²) in [5.74, 6) is -1.01. The summed E-state index contributed by atoms with van der Waals surface area (Å²) in [6, 6.07) is 2.92. The maximum Gasteiger partial charge on any atom is 0.433 e. The molecule has 0 radical (unpaired) electrons. The van der Waals surface area contributed by atoms with Gasteiger partial charge in [0.1, 0.15) is 11.4 Å². The highest BCUT2D eigenvalue weighted by Gasteiger charge is 2.33. The minimum atomic E-state index is -4.81. The Bertz CT molecular complexity index is 865. The first-order chi connectivity index (χ1) is 12.4. The fourth-order valence-electron chi connectivity index (χ4n) is 1.86. The van der Waals surface area contributed by atoms with Crippen molar-refractivity contribution in [3.63, 3.8) is 0 Å². The van der Waals surface area contributed by atoms with Gasteiger partial charge in [0.05, 0.1) is 16.1 Å². The molecule has 13 heteroatoms. The number of pyridine rings is 1. The van der Waals surface area contributed by atoms with Crippen LogP contribution in [0, 0.1) is 10.1 Å². The van der Waals surface area contributed by atoms with Gasteiger partial charge in [-0.3, -0.25) is 30.7 Å². The molecule has 0 saturated heterocycles. The molecule has 0 saturated carbocycles. The van der Waals surface area contributed by atoms with Gasteiger partial charge in [0.25, 0.3) is 11.6 Å². The van der Waals surface area contributed by atoms with Gasteiger partial charge in [-0.05, 0) is 24.3 Å². The molecule has 2 aromatic rings. The number of benzene rings is 1. The minimum absolute atomic E-state index is 0.272. The van der Waals surface area contributed by atoms with E-state index in [1.165, 1.54) is 0 Å². The molecule has 0 fully saturated rings. The van der Waals surface area contributed by atoms with Crippen molar-refractivity contribution < 1.29 is 36.1 Å². The van der Waals surface area contributed by atoms with Crippen LogP contribution in [-0.2, 0) is 12.4 Å². The molecule has 27 heavy (non-hydrogen) atoms. The molecule has 0 unspecified atom stereocenters. The second-order valence-electron chi connectivity index (χ2n) is 5.00. The van der Waals surface area contributed by atoms with Gasteiger partial charge in [0, 0.05) is 12.3 Å². The zero-order valence-corrected chi connectivity index (χ0v) is 12.9. The van der Waals surface area contributed by atoms with E-state index in [0.29, 0.717) is 18.3 Å². The number of nitrogens with zero attached hydrogens (tertiary/aromatic N) is 2. The van der Waals surface area contributed by atoms with Gasteiger partial charge < -0.3 is 0 Å². The highest BCUT2D eigenvalue weighted by molar-refractivity contribution is 5.94. The van der Waals surface area contributed by atoms with Crippen molar-refractivity contribution in [3.05, 3.63) is 63.5 Å². The van der Waals surface area contributed by atoms with Crippen molar-refractivity contribution in [3.8, 4) is 0 Å². The van der Waals surface area contributed by atoms with E-state index in [2.05, 4.69) is 10.4 Å². The number of anilines is 1. The van der Waals surface area contributed by atoms with Gasteiger partial charge in [0.15, 0.2) is 0 Å². The lowest BCUT2D eigenvalue weighted by Gasteiger charge is -2.12. The molecule has 1 heterocycles. The van der Waals surface area contributed by atoms with Crippen LogP contribution in [-0.4, -0.2) is 15.8 Å². The van der Waals surface area contributed by atoms with Crippen LogP contribution in [0.1, 0.15) is 21.6 Å². The van der Waals surface area contributed by atoms with Crippen molar-refractivity contribution in [2.24, 2.45) is 0 Å². The van der Waals surface area contributed by atoms with Gasteiger partial charge in [-0.2, -0.15) is 26.3 Å². The first-order valence-electron chi connectivity index (χ1n) is 6.85. The Morgan fingerprint density at radius 1 is 1.04 bits per heavy atom. The molecular weight excluding hydrogens is 386 g/mol. The summed E-state index contributed by atoms with van der Waals surface area (Å²) in [7, 11) is 0. The second kappa shape index (κ2) is 7.09. The SMILES string of the molecule is O=C(NNc1ccc(C(F)(F)F)cc1[N+](=O)[O-])c1ccc(C(F)(F)F)nc1. The van der Waals surface area contributed by atoms with Gasteiger partial charge in [0.2, 0.25) is 0 Å². The molecule has 0 atom stereocenters. The molecule has 0 spiro atoms. The van der Waals surface area contributed by atoms with Crippen molar-refractivity contribution in [1.82, 2.24) is 10.4 Å². The number of nitro benzene ring substituents is 1. The Balaban J connectivity index is 2.16. The summed E-state index contributed by atoms with van der Waals surface area (Å²) in [5, 5.41) is 10.9. The summed E-state index contributed by atoms with van der Waals surface area (Å²) in [5.41, 5.74) is -0.242. The number of nitro groups is 1. The van der Waals surface area contributed by atoms with Crippen molar-refractivity contribution in [1.29, 1.82) is 0 Å². The Labute approximate surface area is 146 Å². The summed E-state index contributed by atoms with van der Waals surface area (Å²) >= 11 is 0. The predicted octanol–water partition coefficient (Wildman–Crippen LogP) is 3.78. The van der Waals surface area contributed by atoms with Gasteiger partial charge in [-0.1, -0.05) is 0 Å². The topological polar surface area (TPSA) is 97.2 Å². The number of hydrogen-bond donors (Lipinski definition) is 2. The molecule has 0 bridgehead atoms. The molecular formula is C14H8F6N4O3. The number of carbonyl (C=O) groups excluding carboxylic acids is 1. The standard InChI is InChI=1S/C14H8F6N4O3/c15-13(16,17)8-2-3-9(10(5-8)24(26)27)22-23-12(25)7-1-4-11(21-6-7)14(18,19)20/h1-6,22H,(H,23,25). The van der Waals surface area contributed by atoms with E-state index in [4.69, 9.17) is 0 Å². The number of carbonyl (C=O) groups is 1. The van der Waals surface area contributed by atoms with Crippen LogP contribution < -0.4 is 10.9 Å². The molecule has 0 aliphatic rings. The van der Waals surface area contributed by atoms with Crippen LogP contribution in [0.5, 0.6) is 0 Å². The van der Waals surface area contributed by atoms with Gasteiger partial charge >= 0.3 is 12.4 Å². The third kappa shape index (κ3) is 4.83. The predicted molar refractivity (Wildman–Crippen MR) is 78.4 cm³/mol. The molecule has 0 aliphatic carbocycles. The smallest absolute Gasteiger partial charge is 0.292 e. The van der Waals surface area contributed by atoms with Gasteiger partial charge in [-0.25, -0.2) is 0 Å². The van der Waals surface area contributed by atoms with E-state index in [-0.39, 0.29) is 11.6 Å². The molecule has 7 nitrogen and oxygen atoms in total. The molecule has 1 amide bonds. The maximum atomic E-state index is 12.6. The van der Waals surface area contributed by atoms with E-state index in [9.17, 15) is 41.3 Å². The average Bonchev–Trinajstić information content (AvgIpc) is 2.58. The van der Waals surface area contributed by atoms with Crippen molar-refractivity contribution in [2.75, 3.05) is 5.43 Å². The second-order valence-corrected chi connectivity index (χ2v) is 5.00. The monoisotopic (exact) mass is 394 g/mol. The zero-order chi connectivity index (χ0) is 20.4. The molecule has 0 aliphatic heterocycles. The number of amides is 1. The maximum absolute atomic E-state index is 12.6. The molecule has 2 rings (SSSR count). The number of halogens is 6. The number of nitrogens with one attached hydrogen (secondary N) is 2. The van der Waals surface area contributed by atoms with Crippen LogP contribution in [0.25, 0.3) is 0 Å². The number of rotatable bonds is 4. The number of aromatic nitrogens is 1. The van der Waals surface area contributed by atoms with E-state index < -0.39 is 45.8 Å². The largest absolute Gasteiger partial charge is 0.433 e. The fourth-order valence-corrected chi connectivity index (χ4v) is 1.86. The Morgan fingerprint density at radius 2 is 1.70 bits per heavy atom. The van der Waals surface area contributed by atoms with E-state index in [1.807, 2.05) is 5.43 Å². The zero-order valence-electron chi connectivity index (χ0n) is 12.9.